The molecule has 0 saturated heterocycles. The van der Waals surface area contributed by atoms with Crippen LogP contribution in [0.5, 0.6) is 0 Å². The zero-order chi connectivity index (χ0) is 21.0. The van der Waals surface area contributed by atoms with Crippen LogP contribution in [0.25, 0.3) is 0 Å². The molecule has 0 unspecified atom stereocenters. The van der Waals surface area contributed by atoms with Crippen molar-refractivity contribution < 1.29 is 29.3 Å². The lowest BCUT2D eigenvalue weighted by Crippen LogP contribution is -2.28. The van der Waals surface area contributed by atoms with E-state index in [1.165, 1.54) is 0 Å². The van der Waals surface area contributed by atoms with E-state index in [-0.39, 0.29) is 30.6 Å². The summed E-state index contributed by atoms with van der Waals surface area (Å²) >= 11 is 0. The van der Waals surface area contributed by atoms with Crippen molar-refractivity contribution in [2.24, 2.45) is 5.41 Å². The van der Waals surface area contributed by atoms with Gasteiger partial charge in [-0.1, -0.05) is 66.2 Å². The average molecular weight is 391 g/mol. The van der Waals surface area contributed by atoms with E-state index in [9.17, 15) is 9.59 Å². The molecule has 0 saturated carbocycles. The molecule has 0 aromatic rings. The SMILES string of the molecule is CCCCCCC(=O)OCC(C)(C)COC(=O)CCCCCC.OCCO. The highest BCUT2D eigenvalue weighted by Gasteiger charge is 2.22. The van der Waals surface area contributed by atoms with Crippen molar-refractivity contribution in [2.75, 3.05) is 26.4 Å². The predicted molar refractivity (Wildman–Crippen MR) is 107 cm³/mol. The largest absolute Gasteiger partial charge is 0.465 e. The normalized spacial score (nSPS) is 10.7. The smallest absolute Gasteiger partial charge is 0.305 e. The minimum atomic E-state index is -0.335. The first kappa shape index (κ1) is 28.1. The Morgan fingerprint density at radius 1 is 0.704 bits per heavy atom. The Morgan fingerprint density at radius 2 is 1.07 bits per heavy atom. The van der Waals surface area contributed by atoms with Crippen molar-refractivity contribution in [1.82, 2.24) is 0 Å². The standard InChI is InChI=1S/C19H36O4.C2H6O2/c1-5-7-9-11-13-17(20)22-15-19(3,4)16-23-18(21)14-12-10-8-6-2;3-1-2-4/h5-16H2,1-4H3;3-4H,1-2H2. The van der Waals surface area contributed by atoms with Gasteiger partial charge in [-0.15, -0.1) is 0 Å². The topological polar surface area (TPSA) is 93.1 Å². The predicted octanol–water partition coefficient (Wildman–Crippen LogP) is 4.01. The molecule has 2 N–H and O–H groups in total. The molecule has 6 nitrogen and oxygen atoms in total. The number of hydrogen-bond acceptors (Lipinski definition) is 6. The van der Waals surface area contributed by atoms with Crippen LogP contribution in [0.3, 0.4) is 0 Å². The Labute approximate surface area is 165 Å². The number of carbonyl (C=O) groups excluding carboxylic acids is 2. The summed E-state index contributed by atoms with van der Waals surface area (Å²) in [5, 5.41) is 15.2. The van der Waals surface area contributed by atoms with E-state index in [1.807, 2.05) is 13.8 Å². The van der Waals surface area contributed by atoms with E-state index in [2.05, 4.69) is 13.8 Å². The van der Waals surface area contributed by atoms with Crippen LogP contribution < -0.4 is 0 Å². The third-order valence-electron chi connectivity index (χ3n) is 3.82. The first-order valence-corrected chi connectivity index (χ1v) is 10.4. The van der Waals surface area contributed by atoms with Crippen molar-refractivity contribution in [3.05, 3.63) is 0 Å². The lowest BCUT2D eigenvalue weighted by Gasteiger charge is -2.23. The van der Waals surface area contributed by atoms with Gasteiger partial charge < -0.3 is 19.7 Å². The van der Waals surface area contributed by atoms with Gasteiger partial charge in [0.05, 0.1) is 26.4 Å². The number of aliphatic hydroxyl groups excluding tert-OH is 2. The van der Waals surface area contributed by atoms with Crippen LogP contribution in [-0.4, -0.2) is 48.6 Å². The Kier molecular flexibility index (Phi) is 20.4. The summed E-state index contributed by atoms with van der Waals surface area (Å²) in [6.07, 6.45) is 9.52. The Balaban J connectivity index is 0. The maximum absolute atomic E-state index is 11.7. The number of hydrogen-bond donors (Lipinski definition) is 2. The molecule has 0 aliphatic rings. The minimum absolute atomic E-state index is 0.125. The van der Waals surface area contributed by atoms with Crippen LogP contribution >= 0.6 is 0 Å². The Bertz CT molecular complexity index is 323. The Hall–Kier alpha value is -1.14. The van der Waals surface area contributed by atoms with Crippen LogP contribution in [0.15, 0.2) is 0 Å². The summed E-state index contributed by atoms with van der Waals surface area (Å²) in [4.78, 5) is 23.3. The zero-order valence-corrected chi connectivity index (χ0v) is 17.9. The molecule has 0 rings (SSSR count). The van der Waals surface area contributed by atoms with Crippen molar-refractivity contribution in [3.8, 4) is 0 Å². The number of esters is 2. The molecule has 0 aliphatic heterocycles. The van der Waals surface area contributed by atoms with Crippen LogP contribution in [0.2, 0.25) is 0 Å². The van der Waals surface area contributed by atoms with Crippen molar-refractivity contribution in [3.63, 3.8) is 0 Å². The van der Waals surface area contributed by atoms with Gasteiger partial charge in [0.15, 0.2) is 0 Å². The summed E-state index contributed by atoms with van der Waals surface area (Å²) in [5.41, 5.74) is -0.335. The number of rotatable bonds is 15. The van der Waals surface area contributed by atoms with E-state index in [1.54, 1.807) is 0 Å². The number of aliphatic hydroxyl groups is 2. The first-order valence-electron chi connectivity index (χ1n) is 10.4. The number of carbonyl (C=O) groups is 2. The van der Waals surface area contributed by atoms with E-state index < -0.39 is 0 Å². The monoisotopic (exact) mass is 390 g/mol. The van der Waals surface area contributed by atoms with Gasteiger partial charge in [0.1, 0.15) is 0 Å². The third-order valence-corrected chi connectivity index (χ3v) is 3.82. The van der Waals surface area contributed by atoms with Gasteiger partial charge in [0.2, 0.25) is 0 Å². The summed E-state index contributed by atoms with van der Waals surface area (Å²) < 4.78 is 10.6. The molecule has 0 aliphatic carbocycles. The number of unbranched alkanes of at least 4 members (excludes halogenated alkanes) is 6. The molecule has 6 heteroatoms. The van der Waals surface area contributed by atoms with Crippen molar-refractivity contribution in [2.45, 2.75) is 91.9 Å². The second-order valence-corrected chi connectivity index (χ2v) is 7.55. The van der Waals surface area contributed by atoms with Crippen molar-refractivity contribution >= 4 is 11.9 Å². The van der Waals surface area contributed by atoms with Gasteiger partial charge in [-0.25, -0.2) is 0 Å². The molecule has 0 spiro atoms. The van der Waals surface area contributed by atoms with Crippen LogP contribution in [0.1, 0.15) is 91.9 Å². The third kappa shape index (κ3) is 22.8. The fourth-order valence-electron chi connectivity index (χ4n) is 2.13. The van der Waals surface area contributed by atoms with Crippen molar-refractivity contribution in [1.29, 1.82) is 0 Å². The Morgan fingerprint density at radius 3 is 1.37 bits per heavy atom. The molecular weight excluding hydrogens is 348 g/mol. The lowest BCUT2D eigenvalue weighted by molar-refractivity contribution is -0.152. The second-order valence-electron chi connectivity index (χ2n) is 7.55. The summed E-state index contributed by atoms with van der Waals surface area (Å²) in [7, 11) is 0. The molecule has 0 heterocycles. The molecule has 0 aromatic carbocycles. The summed E-state index contributed by atoms with van der Waals surface area (Å²) in [6, 6.07) is 0. The van der Waals surface area contributed by atoms with Crippen LogP contribution in [0, 0.1) is 5.41 Å². The van der Waals surface area contributed by atoms with Gasteiger partial charge in [-0.2, -0.15) is 0 Å². The molecule has 0 fully saturated rings. The average Bonchev–Trinajstić information content (AvgIpc) is 2.66. The van der Waals surface area contributed by atoms with E-state index >= 15 is 0 Å². The molecule has 0 amide bonds. The fourth-order valence-corrected chi connectivity index (χ4v) is 2.13. The highest BCUT2D eigenvalue weighted by molar-refractivity contribution is 5.69. The minimum Gasteiger partial charge on any atom is -0.465 e. The van der Waals surface area contributed by atoms with Gasteiger partial charge in [-0.3, -0.25) is 9.59 Å². The molecule has 0 aromatic heterocycles. The quantitative estimate of drug-likeness (QED) is 0.324. The molecule has 27 heavy (non-hydrogen) atoms. The van der Waals surface area contributed by atoms with Crippen LogP contribution in [0.4, 0.5) is 0 Å². The maximum atomic E-state index is 11.7. The zero-order valence-electron chi connectivity index (χ0n) is 17.9. The van der Waals surface area contributed by atoms with Gasteiger partial charge in [0.25, 0.3) is 0 Å². The van der Waals surface area contributed by atoms with E-state index in [0.29, 0.717) is 26.1 Å². The second kappa shape index (κ2) is 19.6. The fraction of sp³-hybridized carbons (Fsp3) is 0.905. The van der Waals surface area contributed by atoms with Gasteiger partial charge in [-0.05, 0) is 12.8 Å². The summed E-state index contributed by atoms with van der Waals surface area (Å²) in [6.45, 7) is 8.52. The molecule has 0 radical (unpaired) electrons. The molecule has 0 bridgehead atoms. The highest BCUT2D eigenvalue weighted by Crippen LogP contribution is 2.17. The lowest BCUT2D eigenvalue weighted by atomic mass is 9.96. The van der Waals surface area contributed by atoms with E-state index in [0.717, 1.165) is 51.4 Å². The number of ether oxygens (including phenoxy) is 2. The maximum Gasteiger partial charge on any atom is 0.305 e. The summed E-state index contributed by atoms with van der Waals surface area (Å²) in [5.74, 6) is -0.305. The van der Waals surface area contributed by atoms with Crippen LogP contribution in [-0.2, 0) is 19.1 Å². The van der Waals surface area contributed by atoms with E-state index in [4.69, 9.17) is 19.7 Å². The van der Waals surface area contributed by atoms with Gasteiger partial charge >= 0.3 is 11.9 Å². The van der Waals surface area contributed by atoms with Gasteiger partial charge in [0, 0.05) is 18.3 Å². The molecule has 162 valence electrons. The molecule has 0 atom stereocenters. The highest BCUT2D eigenvalue weighted by atomic mass is 16.5. The first-order chi connectivity index (χ1) is 12.8. The molecular formula is C21H42O6.